The largest absolute Gasteiger partial charge is 0.497 e. The molecular formula is C39H46N2O6. The van der Waals surface area contributed by atoms with Crippen LogP contribution in [0.1, 0.15) is 36.1 Å². The number of nitrogens with zero attached hydrogens (tertiary/aromatic N) is 2. The number of hydrogen-bond acceptors (Lipinski definition) is 7. The van der Waals surface area contributed by atoms with E-state index in [1.165, 1.54) is 7.11 Å². The van der Waals surface area contributed by atoms with Crippen molar-refractivity contribution in [1.29, 1.82) is 0 Å². The van der Waals surface area contributed by atoms with Crippen LogP contribution in [0.3, 0.4) is 0 Å². The Bertz CT molecular complexity index is 1460. The molecule has 47 heavy (non-hydrogen) atoms. The van der Waals surface area contributed by atoms with E-state index >= 15 is 0 Å². The lowest BCUT2D eigenvalue weighted by Crippen LogP contribution is -2.56. The average molecular weight is 639 g/mol. The van der Waals surface area contributed by atoms with Gasteiger partial charge in [0.25, 0.3) is 0 Å². The summed E-state index contributed by atoms with van der Waals surface area (Å²) in [4.78, 5) is 32.5. The summed E-state index contributed by atoms with van der Waals surface area (Å²) in [6.45, 7) is 5.08. The van der Waals surface area contributed by atoms with Crippen LogP contribution in [0, 0.1) is 5.92 Å². The fourth-order valence-electron chi connectivity index (χ4n) is 5.65. The highest BCUT2D eigenvalue weighted by atomic mass is 16.5. The lowest BCUT2D eigenvalue weighted by atomic mass is 9.97. The number of hydrogen-bond donors (Lipinski definition) is 0. The zero-order chi connectivity index (χ0) is 33.6. The van der Waals surface area contributed by atoms with E-state index in [2.05, 4.69) is 4.90 Å². The van der Waals surface area contributed by atoms with Crippen molar-refractivity contribution >= 4 is 11.9 Å². The molecule has 0 fully saturated rings. The van der Waals surface area contributed by atoms with Crippen LogP contribution < -0.4 is 9.47 Å². The quantitative estimate of drug-likeness (QED) is 0.0963. The van der Waals surface area contributed by atoms with Gasteiger partial charge in [-0.1, -0.05) is 98.8 Å². The molecule has 0 N–H and O–H groups in total. The predicted molar refractivity (Wildman–Crippen MR) is 183 cm³/mol. The summed E-state index contributed by atoms with van der Waals surface area (Å²) in [6, 6.07) is 33.4. The van der Waals surface area contributed by atoms with Gasteiger partial charge in [0.15, 0.2) is 0 Å². The van der Waals surface area contributed by atoms with E-state index < -0.39 is 18.1 Å². The number of methoxy groups -OCH3 is 3. The third-order valence-electron chi connectivity index (χ3n) is 8.06. The summed E-state index contributed by atoms with van der Waals surface area (Å²) in [5, 5.41) is 0. The number of rotatable bonds is 17. The van der Waals surface area contributed by atoms with Crippen LogP contribution in [0.4, 0.5) is 0 Å². The van der Waals surface area contributed by atoms with Gasteiger partial charge in [0.1, 0.15) is 30.9 Å². The molecule has 2 atom stereocenters. The van der Waals surface area contributed by atoms with Gasteiger partial charge in [0, 0.05) is 26.6 Å². The smallest absolute Gasteiger partial charge is 0.329 e. The summed E-state index contributed by atoms with van der Waals surface area (Å²) in [7, 11) is 4.81. The van der Waals surface area contributed by atoms with Gasteiger partial charge in [-0.05, 0) is 52.4 Å². The van der Waals surface area contributed by atoms with Crippen LogP contribution in [0.15, 0.2) is 109 Å². The van der Waals surface area contributed by atoms with Crippen LogP contribution in [-0.2, 0) is 45.2 Å². The summed E-state index contributed by atoms with van der Waals surface area (Å²) in [6.07, 6.45) is 0.283. The minimum absolute atomic E-state index is 0.0705. The van der Waals surface area contributed by atoms with Gasteiger partial charge in [0.05, 0.1) is 20.3 Å². The lowest BCUT2D eigenvalue weighted by molar-refractivity contribution is -0.163. The van der Waals surface area contributed by atoms with Gasteiger partial charge in [0.2, 0.25) is 5.91 Å². The minimum atomic E-state index is -0.904. The van der Waals surface area contributed by atoms with E-state index in [9.17, 15) is 9.59 Å². The predicted octanol–water partition coefficient (Wildman–Crippen LogP) is 6.52. The SMILES string of the molecule is COCN(C(=O)[C@H](C(C)C)N(Cc1ccc(OC)cc1)Cc1ccc(OC)cc1)[C@@H](Cc1ccccc1)C(=O)OCc1ccccc1. The van der Waals surface area contributed by atoms with Crippen LogP contribution in [0.25, 0.3) is 0 Å². The molecule has 8 heteroatoms. The van der Waals surface area contributed by atoms with Crippen molar-refractivity contribution in [2.24, 2.45) is 5.92 Å². The first kappa shape index (κ1) is 35.2. The monoisotopic (exact) mass is 638 g/mol. The van der Waals surface area contributed by atoms with Crippen molar-refractivity contribution in [3.8, 4) is 11.5 Å². The van der Waals surface area contributed by atoms with Crippen molar-refractivity contribution in [3.05, 3.63) is 131 Å². The highest BCUT2D eigenvalue weighted by molar-refractivity contribution is 5.88. The van der Waals surface area contributed by atoms with Crippen LogP contribution in [-0.4, -0.2) is 61.8 Å². The van der Waals surface area contributed by atoms with Crippen molar-refractivity contribution < 1.29 is 28.5 Å². The van der Waals surface area contributed by atoms with Crippen molar-refractivity contribution in [3.63, 3.8) is 0 Å². The molecule has 0 spiro atoms. The zero-order valence-electron chi connectivity index (χ0n) is 28.0. The molecule has 0 saturated heterocycles. The van der Waals surface area contributed by atoms with Gasteiger partial charge >= 0.3 is 5.97 Å². The third-order valence-corrected chi connectivity index (χ3v) is 8.06. The zero-order valence-corrected chi connectivity index (χ0v) is 28.0. The molecule has 0 bridgehead atoms. The highest BCUT2D eigenvalue weighted by Gasteiger charge is 2.39. The number of benzene rings is 4. The lowest BCUT2D eigenvalue weighted by Gasteiger charge is -2.39. The van der Waals surface area contributed by atoms with Gasteiger partial charge in [-0.2, -0.15) is 0 Å². The average Bonchev–Trinajstić information content (AvgIpc) is 3.10. The molecule has 248 valence electrons. The number of carbonyl (C=O) groups excluding carboxylic acids is 2. The summed E-state index contributed by atoms with van der Waals surface area (Å²) < 4.78 is 22.2. The molecule has 4 aromatic rings. The van der Waals surface area contributed by atoms with E-state index in [-0.39, 0.29) is 31.6 Å². The second-order valence-corrected chi connectivity index (χ2v) is 11.8. The number of amides is 1. The molecule has 1 amide bonds. The molecule has 0 aliphatic rings. The third kappa shape index (κ3) is 10.2. The molecular weight excluding hydrogens is 592 g/mol. The molecule has 0 heterocycles. The first-order chi connectivity index (χ1) is 22.8. The van der Waals surface area contributed by atoms with Crippen LogP contribution >= 0.6 is 0 Å². The van der Waals surface area contributed by atoms with E-state index in [0.717, 1.165) is 33.8 Å². The fourth-order valence-corrected chi connectivity index (χ4v) is 5.65. The van der Waals surface area contributed by atoms with E-state index in [4.69, 9.17) is 18.9 Å². The standard InChI is InChI=1S/C39H46N2O6/c1-29(2)37(40(25-31-16-20-34(45-4)21-17-31)26-32-18-22-35(46-5)23-19-32)38(42)41(28-44-3)36(24-30-12-8-6-9-13-30)39(43)47-27-33-14-10-7-11-15-33/h6-23,29,36-37H,24-28H2,1-5H3/t36-,37-/m0/s1. The Morgan fingerprint density at radius 1 is 0.638 bits per heavy atom. The Morgan fingerprint density at radius 2 is 1.13 bits per heavy atom. The Morgan fingerprint density at radius 3 is 1.57 bits per heavy atom. The first-order valence-electron chi connectivity index (χ1n) is 15.9. The Hall–Kier alpha value is -4.66. The molecule has 0 aromatic heterocycles. The van der Waals surface area contributed by atoms with E-state index in [0.29, 0.717) is 13.1 Å². The Labute approximate surface area is 278 Å². The maximum absolute atomic E-state index is 14.9. The molecule has 4 aromatic carbocycles. The second kappa shape index (κ2) is 17.9. The van der Waals surface area contributed by atoms with Gasteiger partial charge in [-0.15, -0.1) is 0 Å². The fraction of sp³-hybridized carbons (Fsp3) is 0.333. The summed E-state index contributed by atoms with van der Waals surface area (Å²) >= 11 is 0. The molecule has 8 nitrogen and oxygen atoms in total. The number of esters is 1. The van der Waals surface area contributed by atoms with Crippen molar-refractivity contribution in [2.45, 2.75) is 52.0 Å². The molecule has 0 saturated carbocycles. The summed E-state index contributed by atoms with van der Waals surface area (Å²) in [5.74, 6) is 0.729. The minimum Gasteiger partial charge on any atom is -0.497 e. The van der Waals surface area contributed by atoms with Crippen LogP contribution in [0.5, 0.6) is 11.5 Å². The van der Waals surface area contributed by atoms with Gasteiger partial charge in [-0.25, -0.2) is 4.79 Å². The van der Waals surface area contributed by atoms with E-state index in [1.54, 1.807) is 19.1 Å². The highest BCUT2D eigenvalue weighted by Crippen LogP contribution is 2.25. The Kier molecular flexibility index (Phi) is 13.4. The first-order valence-corrected chi connectivity index (χ1v) is 15.9. The molecule has 0 aliphatic heterocycles. The van der Waals surface area contributed by atoms with Crippen LogP contribution in [0.2, 0.25) is 0 Å². The van der Waals surface area contributed by atoms with Gasteiger partial charge in [-0.3, -0.25) is 9.69 Å². The maximum atomic E-state index is 14.9. The summed E-state index contributed by atoms with van der Waals surface area (Å²) in [5.41, 5.74) is 3.84. The normalized spacial score (nSPS) is 12.4. The number of ether oxygens (including phenoxy) is 4. The van der Waals surface area contributed by atoms with Crippen molar-refractivity contribution in [2.75, 3.05) is 28.1 Å². The van der Waals surface area contributed by atoms with Gasteiger partial charge < -0.3 is 23.8 Å². The topological polar surface area (TPSA) is 77.5 Å². The molecule has 0 aliphatic carbocycles. The second-order valence-electron chi connectivity index (χ2n) is 11.8. The number of carbonyl (C=O) groups is 2. The molecule has 0 unspecified atom stereocenters. The Balaban J connectivity index is 1.70. The van der Waals surface area contributed by atoms with Crippen molar-refractivity contribution in [1.82, 2.24) is 9.80 Å². The molecule has 0 radical (unpaired) electrons. The van der Waals surface area contributed by atoms with E-state index in [1.807, 2.05) is 123 Å². The maximum Gasteiger partial charge on any atom is 0.329 e. The molecule has 4 rings (SSSR count).